The summed E-state index contributed by atoms with van der Waals surface area (Å²) in [7, 11) is -1.92. The van der Waals surface area contributed by atoms with Crippen LogP contribution >= 0.6 is 11.6 Å². The fraction of sp³-hybridized carbons (Fsp3) is 0.400. The highest BCUT2D eigenvalue weighted by molar-refractivity contribution is 7.88. The number of ether oxygens (including phenoxy) is 1. The minimum absolute atomic E-state index is 0.0724. The highest BCUT2D eigenvalue weighted by Crippen LogP contribution is 2.30. The number of benzene rings is 2. The molecule has 0 radical (unpaired) electrons. The monoisotopic (exact) mass is 602 g/mol. The summed E-state index contributed by atoms with van der Waals surface area (Å²) in [5.41, 5.74) is 9.08. The maximum atomic E-state index is 15.1. The average molecular weight is 603 g/mol. The molecule has 11 heteroatoms. The maximum Gasteiger partial charge on any atom is 0.212 e. The molecule has 1 fully saturated rings. The Kier molecular flexibility index (Phi) is 10.1. The number of ketones is 1. The zero-order valence-corrected chi connectivity index (χ0v) is 25.0. The third kappa shape index (κ3) is 7.50. The van der Waals surface area contributed by atoms with Crippen LogP contribution in [0.4, 0.5) is 4.39 Å². The molecule has 3 aromatic rings. The Bertz CT molecular complexity index is 1450. The number of rotatable bonds is 11. The molecule has 0 aliphatic carbocycles. The third-order valence-corrected chi connectivity index (χ3v) is 9.27. The van der Waals surface area contributed by atoms with Crippen LogP contribution in [0.2, 0.25) is 5.02 Å². The van der Waals surface area contributed by atoms with E-state index < -0.39 is 27.8 Å². The first kappa shape index (κ1) is 31.1. The summed E-state index contributed by atoms with van der Waals surface area (Å²) in [6, 6.07) is 13.8. The highest BCUT2D eigenvalue weighted by Gasteiger charge is 2.34. The van der Waals surface area contributed by atoms with Gasteiger partial charge in [0.25, 0.3) is 0 Å². The van der Waals surface area contributed by atoms with Crippen molar-refractivity contribution in [2.45, 2.75) is 50.2 Å². The van der Waals surface area contributed by atoms with Crippen molar-refractivity contribution in [1.29, 1.82) is 0 Å². The Hall–Kier alpha value is -2.89. The molecular weight excluding hydrogens is 567 g/mol. The molecule has 0 amide bonds. The van der Waals surface area contributed by atoms with Crippen molar-refractivity contribution in [2.24, 2.45) is 5.73 Å². The zero-order valence-electron chi connectivity index (χ0n) is 23.4. The Labute approximate surface area is 246 Å². The van der Waals surface area contributed by atoms with Gasteiger partial charge in [0, 0.05) is 54.8 Å². The predicted molar refractivity (Wildman–Crippen MR) is 158 cm³/mol. The van der Waals surface area contributed by atoms with Crippen LogP contribution in [-0.4, -0.2) is 68.1 Å². The standard InChI is InChI=1S/C30H36ClFN4O4S/c1-19-16-34-18-24(36(19)41(3,38)39)12-13-25-21(5-4-6-26(25)32)15-27(37)30(33)29(20-7-10-23(31)11-8-20)22-9-14-28(40-2)35-17-22/h4-11,14,17,19,24,29-30,34H,12-13,15-16,18,33H2,1-3H3/t19-,24-,29-,30+/m0/s1. The van der Waals surface area contributed by atoms with E-state index in [1.807, 2.05) is 25.1 Å². The fourth-order valence-electron chi connectivity index (χ4n) is 5.65. The van der Waals surface area contributed by atoms with Crippen molar-refractivity contribution in [1.82, 2.24) is 14.6 Å². The molecule has 0 unspecified atom stereocenters. The smallest absolute Gasteiger partial charge is 0.212 e. The molecule has 220 valence electrons. The van der Waals surface area contributed by atoms with Gasteiger partial charge in [-0.2, -0.15) is 4.31 Å². The summed E-state index contributed by atoms with van der Waals surface area (Å²) in [6.45, 7) is 2.88. The van der Waals surface area contributed by atoms with Crippen LogP contribution in [-0.2, 0) is 27.7 Å². The number of piperazine rings is 1. The van der Waals surface area contributed by atoms with Crippen molar-refractivity contribution in [3.63, 3.8) is 0 Å². The normalized spacial score (nSPS) is 19.5. The molecule has 1 aliphatic heterocycles. The largest absolute Gasteiger partial charge is 0.481 e. The number of hydrogen-bond donors (Lipinski definition) is 2. The van der Waals surface area contributed by atoms with E-state index in [0.717, 1.165) is 11.1 Å². The van der Waals surface area contributed by atoms with Crippen LogP contribution in [0.5, 0.6) is 5.88 Å². The summed E-state index contributed by atoms with van der Waals surface area (Å²) < 4.78 is 46.8. The number of Topliss-reactive ketones (excluding diaryl/α,β-unsaturated/α-hetero) is 1. The average Bonchev–Trinajstić information content (AvgIpc) is 2.93. The Morgan fingerprint density at radius 1 is 1.17 bits per heavy atom. The van der Waals surface area contributed by atoms with Gasteiger partial charge in [-0.05, 0) is 60.2 Å². The lowest BCUT2D eigenvalue weighted by atomic mass is 9.82. The summed E-state index contributed by atoms with van der Waals surface area (Å²) >= 11 is 6.11. The lowest BCUT2D eigenvalue weighted by molar-refractivity contribution is -0.119. The molecule has 1 aliphatic rings. The summed E-state index contributed by atoms with van der Waals surface area (Å²) in [4.78, 5) is 18.0. The zero-order chi connectivity index (χ0) is 29.7. The van der Waals surface area contributed by atoms with Gasteiger partial charge >= 0.3 is 0 Å². The van der Waals surface area contributed by atoms with E-state index in [1.54, 1.807) is 36.5 Å². The molecule has 1 aromatic heterocycles. The molecule has 0 bridgehead atoms. The van der Waals surface area contributed by atoms with E-state index in [9.17, 15) is 13.2 Å². The molecule has 4 atom stereocenters. The van der Waals surface area contributed by atoms with E-state index in [2.05, 4.69) is 10.3 Å². The van der Waals surface area contributed by atoms with Gasteiger partial charge in [-0.3, -0.25) is 4.79 Å². The van der Waals surface area contributed by atoms with Gasteiger partial charge in [-0.15, -0.1) is 0 Å². The molecule has 41 heavy (non-hydrogen) atoms. The molecule has 3 N–H and O–H groups in total. The SMILES string of the molecule is COc1ccc([C@H](c2ccc(Cl)cc2)[C@H](N)C(=O)Cc2cccc(F)c2CC[C@H]2CNC[C@H](C)N2S(C)(=O)=O)cn1. The van der Waals surface area contributed by atoms with E-state index >= 15 is 4.39 Å². The Morgan fingerprint density at radius 2 is 1.88 bits per heavy atom. The lowest BCUT2D eigenvalue weighted by Gasteiger charge is -2.39. The molecule has 0 spiro atoms. The van der Waals surface area contributed by atoms with Crippen molar-refractivity contribution in [2.75, 3.05) is 26.5 Å². The minimum atomic E-state index is -3.44. The van der Waals surface area contributed by atoms with Crippen LogP contribution in [0, 0.1) is 5.82 Å². The number of nitrogens with zero attached hydrogens (tertiary/aromatic N) is 2. The first-order valence-corrected chi connectivity index (χ1v) is 15.7. The van der Waals surface area contributed by atoms with Crippen LogP contribution in [0.1, 0.15) is 41.5 Å². The van der Waals surface area contributed by atoms with E-state index in [1.165, 1.54) is 23.7 Å². The Morgan fingerprint density at radius 3 is 2.51 bits per heavy atom. The number of pyridine rings is 1. The Balaban J connectivity index is 1.58. The van der Waals surface area contributed by atoms with Gasteiger partial charge in [-0.25, -0.2) is 17.8 Å². The van der Waals surface area contributed by atoms with Gasteiger partial charge in [0.2, 0.25) is 15.9 Å². The van der Waals surface area contributed by atoms with Crippen molar-refractivity contribution < 1.29 is 22.3 Å². The number of sulfonamides is 1. The first-order valence-electron chi connectivity index (χ1n) is 13.5. The second kappa shape index (κ2) is 13.4. The number of carbonyl (C=O) groups excluding carboxylic acids is 1. The van der Waals surface area contributed by atoms with Crippen LogP contribution < -0.4 is 15.8 Å². The number of nitrogens with two attached hydrogens (primary N) is 1. The number of nitrogens with one attached hydrogen (secondary N) is 1. The number of methoxy groups -OCH3 is 1. The van der Waals surface area contributed by atoms with Gasteiger partial charge < -0.3 is 15.8 Å². The van der Waals surface area contributed by atoms with E-state index in [0.29, 0.717) is 41.5 Å². The molecule has 1 saturated heterocycles. The van der Waals surface area contributed by atoms with Gasteiger partial charge in [0.15, 0.2) is 5.78 Å². The highest BCUT2D eigenvalue weighted by atomic mass is 35.5. The topological polar surface area (TPSA) is 115 Å². The molecule has 2 heterocycles. The lowest BCUT2D eigenvalue weighted by Crippen LogP contribution is -2.58. The molecule has 0 saturated carbocycles. The van der Waals surface area contributed by atoms with Gasteiger partial charge in [0.05, 0.1) is 19.4 Å². The van der Waals surface area contributed by atoms with E-state index in [-0.39, 0.29) is 30.7 Å². The molecule has 4 rings (SSSR count). The summed E-state index contributed by atoms with van der Waals surface area (Å²) in [5, 5.41) is 3.82. The fourth-order valence-corrected chi connectivity index (χ4v) is 7.23. The molecule has 8 nitrogen and oxygen atoms in total. The summed E-state index contributed by atoms with van der Waals surface area (Å²) in [6.07, 6.45) is 3.44. The number of carbonyl (C=O) groups is 1. The predicted octanol–water partition coefficient (Wildman–Crippen LogP) is 3.71. The minimum Gasteiger partial charge on any atom is -0.481 e. The number of hydrogen-bond acceptors (Lipinski definition) is 7. The molecular formula is C30H36ClFN4O4S. The van der Waals surface area contributed by atoms with Crippen molar-refractivity contribution in [3.8, 4) is 5.88 Å². The quantitative estimate of drug-likeness (QED) is 0.344. The maximum absolute atomic E-state index is 15.1. The molecule has 2 aromatic carbocycles. The van der Waals surface area contributed by atoms with Gasteiger partial charge in [0.1, 0.15) is 5.82 Å². The van der Waals surface area contributed by atoms with Crippen molar-refractivity contribution >= 4 is 27.4 Å². The van der Waals surface area contributed by atoms with Crippen molar-refractivity contribution in [3.05, 3.63) is 93.9 Å². The second-order valence-electron chi connectivity index (χ2n) is 10.5. The third-order valence-electron chi connectivity index (χ3n) is 7.59. The van der Waals surface area contributed by atoms with E-state index in [4.69, 9.17) is 22.1 Å². The number of aromatic nitrogens is 1. The van der Waals surface area contributed by atoms with Crippen LogP contribution in [0.3, 0.4) is 0 Å². The first-order chi connectivity index (χ1) is 19.5. The van der Waals surface area contributed by atoms with Gasteiger partial charge in [-0.1, -0.05) is 41.9 Å². The summed E-state index contributed by atoms with van der Waals surface area (Å²) in [5.74, 6) is -0.781. The van der Waals surface area contributed by atoms with Crippen LogP contribution in [0.25, 0.3) is 0 Å². The number of halogens is 2. The second-order valence-corrected chi connectivity index (χ2v) is 12.8. The van der Waals surface area contributed by atoms with Crippen LogP contribution in [0.15, 0.2) is 60.8 Å².